The maximum absolute atomic E-state index is 6.17. The molecule has 1 atom stereocenters. The van der Waals surface area contributed by atoms with Crippen molar-refractivity contribution < 1.29 is 0 Å². The van der Waals surface area contributed by atoms with Crippen molar-refractivity contribution in [1.29, 1.82) is 0 Å². The minimum Gasteiger partial charge on any atom is -0.313 e. The van der Waals surface area contributed by atoms with Gasteiger partial charge >= 0.3 is 0 Å². The van der Waals surface area contributed by atoms with Crippen LogP contribution in [0.1, 0.15) is 17.4 Å². The number of nitrogens with zero attached hydrogens (tertiary/aromatic N) is 4. The molecule has 0 radical (unpaired) electrons. The van der Waals surface area contributed by atoms with Gasteiger partial charge in [0.1, 0.15) is 0 Å². The molecule has 1 N–H and O–H groups in total. The Morgan fingerprint density at radius 2 is 2.18 bits per heavy atom. The number of rotatable bonds is 4. The van der Waals surface area contributed by atoms with Crippen LogP contribution < -0.4 is 5.32 Å². The van der Waals surface area contributed by atoms with Crippen LogP contribution in [0, 0.1) is 0 Å². The standard InChI is InChI=1S/C11H14ClN5/c1-13-10(7-11-14-16-17(2)15-11)8-5-3-4-6-9(8)12/h3-6,10,13H,7H2,1-2H3. The molecule has 1 heterocycles. The van der Waals surface area contributed by atoms with Gasteiger partial charge in [-0.1, -0.05) is 29.8 Å². The number of hydrogen-bond acceptors (Lipinski definition) is 4. The third-order valence-electron chi connectivity index (χ3n) is 2.57. The van der Waals surface area contributed by atoms with Crippen molar-refractivity contribution in [2.45, 2.75) is 12.5 Å². The van der Waals surface area contributed by atoms with Gasteiger partial charge in [-0.25, -0.2) is 0 Å². The number of hydrogen-bond donors (Lipinski definition) is 1. The van der Waals surface area contributed by atoms with E-state index < -0.39 is 0 Å². The second kappa shape index (κ2) is 5.25. The summed E-state index contributed by atoms with van der Waals surface area (Å²) in [6, 6.07) is 7.85. The molecule has 0 bridgehead atoms. The van der Waals surface area contributed by atoms with E-state index in [4.69, 9.17) is 11.6 Å². The van der Waals surface area contributed by atoms with Crippen molar-refractivity contribution in [3.05, 3.63) is 40.7 Å². The normalized spacial score (nSPS) is 12.6. The average Bonchev–Trinajstić information content (AvgIpc) is 2.73. The molecule has 0 aliphatic rings. The molecule has 0 aliphatic heterocycles. The van der Waals surface area contributed by atoms with Gasteiger partial charge in [-0.05, 0) is 23.9 Å². The number of aromatic nitrogens is 4. The van der Waals surface area contributed by atoms with Crippen molar-refractivity contribution in [3.8, 4) is 0 Å². The minimum atomic E-state index is 0.0906. The summed E-state index contributed by atoms with van der Waals surface area (Å²) in [7, 11) is 3.64. The zero-order chi connectivity index (χ0) is 12.3. The third kappa shape index (κ3) is 2.81. The Morgan fingerprint density at radius 1 is 1.41 bits per heavy atom. The summed E-state index contributed by atoms with van der Waals surface area (Å²) in [4.78, 5) is 1.45. The highest BCUT2D eigenvalue weighted by atomic mass is 35.5. The summed E-state index contributed by atoms with van der Waals surface area (Å²) < 4.78 is 0. The first-order valence-electron chi connectivity index (χ1n) is 5.35. The monoisotopic (exact) mass is 251 g/mol. The molecule has 0 aliphatic carbocycles. The Kier molecular flexibility index (Phi) is 3.71. The van der Waals surface area contributed by atoms with Gasteiger partial charge in [0.25, 0.3) is 0 Å². The van der Waals surface area contributed by atoms with Gasteiger partial charge in [0.2, 0.25) is 0 Å². The van der Waals surface area contributed by atoms with E-state index in [9.17, 15) is 0 Å². The molecule has 1 aromatic carbocycles. The number of nitrogens with one attached hydrogen (secondary N) is 1. The van der Waals surface area contributed by atoms with Crippen molar-refractivity contribution in [2.24, 2.45) is 7.05 Å². The number of likely N-dealkylation sites (N-methyl/N-ethyl adjacent to an activating group) is 1. The largest absolute Gasteiger partial charge is 0.313 e. The summed E-state index contributed by atoms with van der Waals surface area (Å²) >= 11 is 6.17. The number of aryl methyl sites for hydroxylation is 1. The molecule has 0 fully saturated rings. The van der Waals surface area contributed by atoms with Crippen LogP contribution in [0.2, 0.25) is 5.02 Å². The Morgan fingerprint density at radius 3 is 2.76 bits per heavy atom. The first-order chi connectivity index (χ1) is 8.20. The Labute approximate surface area is 105 Å². The Balaban J connectivity index is 2.20. The van der Waals surface area contributed by atoms with Crippen LogP contribution in [0.15, 0.2) is 24.3 Å². The fraction of sp³-hybridized carbons (Fsp3) is 0.364. The lowest BCUT2D eigenvalue weighted by molar-refractivity contribution is 0.570. The molecular weight excluding hydrogens is 238 g/mol. The summed E-state index contributed by atoms with van der Waals surface area (Å²) in [5, 5.41) is 15.9. The van der Waals surface area contributed by atoms with E-state index in [0.717, 1.165) is 10.6 Å². The van der Waals surface area contributed by atoms with Crippen LogP contribution in [0.3, 0.4) is 0 Å². The maximum Gasteiger partial charge on any atom is 0.176 e. The second-order valence-electron chi connectivity index (χ2n) is 3.76. The van der Waals surface area contributed by atoms with E-state index in [2.05, 4.69) is 20.7 Å². The zero-order valence-electron chi connectivity index (χ0n) is 9.76. The van der Waals surface area contributed by atoms with E-state index in [1.165, 1.54) is 4.80 Å². The van der Waals surface area contributed by atoms with Crippen LogP contribution >= 0.6 is 11.6 Å². The SMILES string of the molecule is CNC(Cc1nnn(C)n1)c1ccccc1Cl. The highest BCUT2D eigenvalue weighted by Gasteiger charge is 2.15. The predicted molar refractivity (Wildman–Crippen MR) is 65.8 cm³/mol. The van der Waals surface area contributed by atoms with Crippen LogP contribution in [-0.4, -0.2) is 27.3 Å². The molecular formula is C11H14ClN5. The average molecular weight is 252 g/mol. The Bertz CT molecular complexity index is 496. The summed E-state index contributed by atoms with van der Waals surface area (Å²) in [5.74, 6) is 0.701. The van der Waals surface area contributed by atoms with E-state index in [-0.39, 0.29) is 6.04 Å². The van der Waals surface area contributed by atoms with Crippen LogP contribution in [0.5, 0.6) is 0 Å². The van der Waals surface area contributed by atoms with Crippen molar-refractivity contribution in [3.63, 3.8) is 0 Å². The summed E-state index contributed by atoms with van der Waals surface area (Å²) in [6.07, 6.45) is 0.661. The highest BCUT2D eigenvalue weighted by Crippen LogP contribution is 2.24. The fourth-order valence-corrected chi connectivity index (χ4v) is 1.98. The molecule has 5 nitrogen and oxygen atoms in total. The lowest BCUT2D eigenvalue weighted by Crippen LogP contribution is -2.20. The molecule has 0 saturated heterocycles. The summed E-state index contributed by atoms with van der Waals surface area (Å²) in [6.45, 7) is 0. The van der Waals surface area contributed by atoms with E-state index in [1.807, 2.05) is 31.3 Å². The van der Waals surface area contributed by atoms with Gasteiger partial charge in [0, 0.05) is 17.5 Å². The first kappa shape index (κ1) is 12.0. The lowest BCUT2D eigenvalue weighted by Gasteiger charge is -2.15. The van der Waals surface area contributed by atoms with Crippen LogP contribution in [0.4, 0.5) is 0 Å². The fourth-order valence-electron chi connectivity index (χ4n) is 1.71. The highest BCUT2D eigenvalue weighted by molar-refractivity contribution is 6.31. The molecule has 1 unspecified atom stereocenters. The second-order valence-corrected chi connectivity index (χ2v) is 4.17. The summed E-state index contributed by atoms with van der Waals surface area (Å²) in [5.41, 5.74) is 1.05. The zero-order valence-corrected chi connectivity index (χ0v) is 10.5. The molecule has 0 spiro atoms. The maximum atomic E-state index is 6.17. The van der Waals surface area contributed by atoms with Gasteiger partial charge < -0.3 is 5.32 Å². The molecule has 90 valence electrons. The quantitative estimate of drug-likeness (QED) is 0.892. The molecule has 1 aromatic heterocycles. The molecule has 17 heavy (non-hydrogen) atoms. The van der Waals surface area contributed by atoms with Crippen LogP contribution in [-0.2, 0) is 13.5 Å². The van der Waals surface area contributed by atoms with Gasteiger partial charge in [-0.15, -0.1) is 10.2 Å². The lowest BCUT2D eigenvalue weighted by atomic mass is 10.0. The van der Waals surface area contributed by atoms with Gasteiger partial charge in [-0.2, -0.15) is 4.80 Å². The molecule has 2 rings (SSSR count). The smallest absolute Gasteiger partial charge is 0.176 e. The first-order valence-corrected chi connectivity index (χ1v) is 5.73. The topological polar surface area (TPSA) is 55.6 Å². The minimum absolute atomic E-state index is 0.0906. The number of tetrazole rings is 1. The number of halogens is 1. The molecule has 2 aromatic rings. The predicted octanol–water partition coefficient (Wildman–Crippen LogP) is 1.37. The van der Waals surface area contributed by atoms with Crippen LogP contribution in [0.25, 0.3) is 0 Å². The van der Waals surface area contributed by atoms with Crippen molar-refractivity contribution in [2.75, 3.05) is 7.05 Å². The van der Waals surface area contributed by atoms with E-state index in [0.29, 0.717) is 12.2 Å². The van der Waals surface area contributed by atoms with E-state index in [1.54, 1.807) is 7.05 Å². The number of benzene rings is 1. The van der Waals surface area contributed by atoms with Gasteiger partial charge in [0.05, 0.1) is 7.05 Å². The van der Waals surface area contributed by atoms with Gasteiger partial charge in [-0.3, -0.25) is 0 Å². The molecule has 0 saturated carbocycles. The molecule has 0 amide bonds. The molecule has 6 heteroatoms. The van der Waals surface area contributed by atoms with Crippen molar-refractivity contribution in [1.82, 2.24) is 25.5 Å². The van der Waals surface area contributed by atoms with E-state index >= 15 is 0 Å². The third-order valence-corrected chi connectivity index (χ3v) is 2.91. The Hall–Kier alpha value is -1.46. The van der Waals surface area contributed by atoms with Crippen molar-refractivity contribution >= 4 is 11.6 Å². The van der Waals surface area contributed by atoms with Gasteiger partial charge in [0.15, 0.2) is 5.82 Å².